The van der Waals surface area contributed by atoms with E-state index in [2.05, 4.69) is 32.3 Å². The van der Waals surface area contributed by atoms with Crippen LogP contribution in [0.1, 0.15) is 35.7 Å². The number of nitrogens with one attached hydrogen (secondary N) is 1. The molecule has 1 N–H and O–H groups in total. The molecule has 2 aliphatic rings. The van der Waals surface area contributed by atoms with Gasteiger partial charge in [0.1, 0.15) is 9.84 Å². The second kappa shape index (κ2) is 9.49. The van der Waals surface area contributed by atoms with Crippen LogP contribution in [-0.4, -0.2) is 55.0 Å². The van der Waals surface area contributed by atoms with Crippen molar-refractivity contribution >= 4 is 37.4 Å². The number of aromatic nitrogens is 1. The number of carbonyl (C=O) groups is 1. The zero-order valence-corrected chi connectivity index (χ0v) is 20.9. The van der Waals surface area contributed by atoms with Crippen molar-refractivity contribution in [3.05, 3.63) is 57.8 Å². The molecule has 1 aliphatic carbocycles. The van der Waals surface area contributed by atoms with Gasteiger partial charge in [-0.25, -0.2) is 8.42 Å². The van der Waals surface area contributed by atoms with Gasteiger partial charge in [-0.1, -0.05) is 28.1 Å². The maximum atomic E-state index is 14.0. The fourth-order valence-electron chi connectivity index (χ4n) is 4.74. The number of anilines is 1. The Balaban J connectivity index is 1.46. The van der Waals surface area contributed by atoms with E-state index in [0.29, 0.717) is 10.6 Å². The van der Waals surface area contributed by atoms with Gasteiger partial charge in [-0.15, -0.1) is 0 Å². The number of alkyl halides is 3. The van der Waals surface area contributed by atoms with Crippen LogP contribution in [0.5, 0.6) is 0 Å². The fourth-order valence-corrected chi connectivity index (χ4v) is 6.80. The van der Waals surface area contributed by atoms with Gasteiger partial charge in [-0.05, 0) is 55.0 Å². The summed E-state index contributed by atoms with van der Waals surface area (Å²) in [5.74, 6) is -1.83. The third-order valence-electron chi connectivity index (χ3n) is 6.52. The molecule has 2 atom stereocenters. The van der Waals surface area contributed by atoms with Gasteiger partial charge in [0.25, 0.3) is 0 Å². The Morgan fingerprint density at radius 3 is 2.47 bits per heavy atom. The highest BCUT2D eigenvalue weighted by Gasteiger charge is 2.47. The van der Waals surface area contributed by atoms with Crippen molar-refractivity contribution < 1.29 is 26.4 Å². The molecule has 0 spiro atoms. The number of hydrogen-bond donors (Lipinski definition) is 1. The highest BCUT2D eigenvalue weighted by Crippen LogP contribution is 2.38. The fraction of sp³-hybridized carbons (Fsp3) is 0.478. The van der Waals surface area contributed by atoms with Crippen LogP contribution in [0.15, 0.2) is 41.0 Å². The van der Waals surface area contributed by atoms with E-state index in [1.807, 2.05) is 12.1 Å². The number of carbonyl (C=O) groups excluding carboxylic acids is 1. The first-order valence-electron chi connectivity index (χ1n) is 11.0. The standard InChI is InChI=1S/C23H25BrF3N3O3S/c1-30(22(31)14-7-9-34(32,33)10-8-14)21(23(25,26)27)20-6-5-16(13-28-20)29-17-11-15-3-2-4-19(24)18(15)12-17/h2-6,13-14,17,21,29H,7-12H2,1H3/t17?,21-/m0/s1. The number of benzene rings is 1. The lowest BCUT2D eigenvalue weighted by Crippen LogP contribution is -2.44. The molecule has 1 aromatic carbocycles. The van der Waals surface area contributed by atoms with Crippen LogP contribution in [0.3, 0.4) is 0 Å². The topological polar surface area (TPSA) is 79.4 Å². The van der Waals surface area contributed by atoms with Crippen molar-refractivity contribution in [3.63, 3.8) is 0 Å². The number of pyridine rings is 1. The molecule has 0 saturated carbocycles. The van der Waals surface area contributed by atoms with Crippen molar-refractivity contribution in [2.75, 3.05) is 23.9 Å². The van der Waals surface area contributed by atoms with Crippen molar-refractivity contribution in [3.8, 4) is 0 Å². The molecule has 34 heavy (non-hydrogen) atoms. The number of amides is 1. The van der Waals surface area contributed by atoms with E-state index >= 15 is 0 Å². The first kappa shape index (κ1) is 25.0. The molecule has 0 radical (unpaired) electrons. The summed E-state index contributed by atoms with van der Waals surface area (Å²) in [7, 11) is -2.12. The van der Waals surface area contributed by atoms with Crippen molar-refractivity contribution in [1.29, 1.82) is 0 Å². The van der Waals surface area contributed by atoms with Crippen molar-refractivity contribution in [1.82, 2.24) is 9.88 Å². The number of rotatable bonds is 5. The molecule has 0 bridgehead atoms. The molecular weight excluding hydrogens is 535 g/mol. The lowest BCUT2D eigenvalue weighted by atomic mass is 9.99. The minimum Gasteiger partial charge on any atom is -0.380 e. The molecule has 1 fully saturated rings. The first-order chi connectivity index (χ1) is 15.9. The summed E-state index contributed by atoms with van der Waals surface area (Å²) in [5.41, 5.74) is 2.77. The predicted octanol–water partition coefficient (Wildman–Crippen LogP) is 4.31. The van der Waals surface area contributed by atoms with Gasteiger partial charge in [0.15, 0.2) is 6.04 Å². The predicted molar refractivity (Wildman–Crippen MR) is 126 cm³/mol. The van der Waals surface area contributed by atoms with E-state index in [1.54, 1.807) is 6.07 Å². The van der Waals surface area contributed by atoms with E-state index in [-0.39, 0.29) is 36.1 Å². The van der Waals surface area contributed by atoms with Crippen LogP contribution in [-0.2, 0) is 27.5 Å². The zero-order chi connectivity index (χ0) is 24.7. The van der Waals surface area contributed by atoms with Crippen LogP contribution in [0.25, 0.3) is 0 Å². The average Bonchev–Trinajstić information content (AvgIpc) is 3.17. The Bertz CT molecular complexity index is 1160. The van der Waals surface area contributed by atoms with Gasteiger partial charge in [0.2, 0.25) is 5.91 Å². The van der Waals surface area contributed by atoms with Gasteiger partial charge >= 0.3 is 6.18 Å². The molecule has 2 heterocycles. The lowest BCUT2D eigenvalue weighted by molar-refractivity contribution is -0.191. The quantitative estimate of drug-likeness (QED) is 0.590. The Hall–Kier alpha value is -2.14. The SMILES string of the molecule is CN(C(=O)C1CCS(=O)(=O)CC1)[C@@H](c1ccc(NC2Cc3cccc(Br)c3C2)cn1)C(F)(F)F. The maximum Gasteiger partial charge on any atom is 0.414 e. The highest BCUT2D eigenvalue weighted by atomic mass is 79.9. The van der Waals surface area contributed by atoms with Crippen LogP contribution in [0.2, 0.25) is 0 Å². The third kappa shape index (κ3) is 5.40. The van der Waals surface area contributed by atoms with Crippen LogP contribution in [0, 0.1) is 5.92 Å². The first-order valence-corrected chi connectivity index (χ1v) is 13.6. The normalized spacial score (nSPS) is 21.0. The van der Waals surface area contributed by atoms with Crippen molar-refractivity contribution in [2.45, 2.75) is 43.9 Å². The number of halogens is 4. The second-order valence-corrected chi connectivity index (χ2v) is 12.1. The van der Waals surface area contributed by atoms with E-state index in [0.717, 1.165) is 24.4 Å². The van der Waals surface area contributed by atoms with Crippen LogP contribution >= 0.6 is 15.9 Å². The van der Waals surface area contributed by atoms with Gasteiger partial charge in [-0.2, -0.15) is 13.2 Å². The monoisotopic (exact) mass is 559 g/mol. The number of nitrogens with zero attached hydrogens (tertiary/aromatic N) is 2. The van der Waals surface area contributed by atoms with Crippen LogP contribution in [0.4, 0.5) is 18.9 Å². The van der Waals surface area contributed by atoms with E-state index in [4.69, 9.17) is 0 Å². The maximum absolute atomic E-state index is 14.0. The molecule has 11 heteroatoms. The molecule has 2 aromatic rings. The molecule has 1 amide bonds. The summed E-state index contributed by atoms with van der Waals surface area (Å²) in [4.78, 5) is 17.5. The number of fused-ring (bicyclic) bond motifs is 1. The summed E-state index contributed by atoms with van der Waals surface area (Å²) in [5, 5.41) is 3.33. The van der Waals surface area contributed by atoms with Gasteiger partial charge in [0.05, 0.1) is 29.1 Å². The Morgan fingerprint density at radius 2 is 1.88 bits per heavy atom. The third-order valence-corrected chi connectivity index (χ3v) is 8.98. The molecule has 1 saturated heterocycles. The van der Waals surface area contributed by atoms with E-state index in [9.17, 15) is 26.4 Å². The summed E-state index contributed by atoms with van der Waals surface area (Å²) in [6.45, 7) is 0. The Labute approximate surface area is 205 Å². The van der Waals surface area contributed by atoms with Crippen LogP contribution < -0.4 is 5.32 Å². The lowest BCUT2D eigenvalue weighted by Gasteiger charge is -2.33. The van der Waals surface area contributed by atoms with Gasteiger partial charge in [-0.3, -0.25) is 9.78 Å². The molecule has 1 aromatic heterocycles. The van der Waals surface area contributed by atoms with Gasteiger partial charge < -0.3 is 10.2 Å². The van der Waals surface area contributed by atoms with E-state index < -0.39 is 33.9 Å². The Morgan fingerprint density at radius 1 is 1.18 bits per heavy atom. The molecule has 1 unspecified atom stereocenters. The summed E-state index contributed by atoms with van der Waals surface area (Å²) < 4.78 is 66.2. The minimum absolute atomic E-state index is 0.0340. The molecule has 1 aliphatic heterocycles. The van der Waals surface area contributed by atoms with Crippen molar-refractivity contribution in [2.24, 2.45) is 5.92 Å². The number of sulfone groups is 1. The van der Waals surface area contributed by atoms with Gasteiger partial charge in [0, 0.05) is 23.5 Å². The average molecular weight is 560 g/mol. The second-order valence-electron chi connectivity index (χ2n) is 8.92. The molecule has 6 nitrogen and oxygen atoms in total. The molecule has 4 rings (SSSR count). The van der Waals surface area contributed by atoms with E-state index in [1.165, 1.54) is 23.4 Å². The molecule has 184 valence electrons. The Kier molecular flexibility index (Phi) is 6.97. The zero-order valence-electron chi connectivity index (χ0n) is 18.5. The summed E-state index contributed by atoms with van der Waals surface area (Å²) >= 11 is 3.55. The summed E-state index contributed by atoms with van der Waals surface area (Å²) in [6, 6.07) is 6.75. The summed E-state index contributed by atoms with van der Waals surface area (Å²) in [6.07, 6.45) is -1.71. The largest absolute Gasteiger partial charge is 0.414 e. The molecular formula is C23H25BrF3N3O3S. The highest BCUT2D eigenvalue weighted by molar-refractivity contribution is 9.10. The number of hydrogen-bond acceptors (Lipinski definition) is 5. The smallest absolute Gasteiger partial charge is 0.380 e. The minimum atomic E-state index is -4.73.